The van der Waals surface area contributed by atoms with Crippen molar-refractivity contribution in [1.29, 1.82) is 0 Å². The fourth-order valence-electron chi connectivity index (χ4n) is 2.30. The number of aryl methyl sites for hydroxylation is 1. The number of nitrogens with two attached hydrogens (primary N) is 1. The molecular formula is C12H15ClFNO2S. The van der Waals surface area contributed by atoms with Crippen LogP contribution in [-0.4, -0.2) is 19.9 Å². The summed E-state index contributed by atoms with van der Waals surface area (Å²) in [6.07, 6.45) is 0.538. The van der Waals surface area contributed by atoms with Gasteiger partial charge in [-0.05, 0) is 36.5 Å². The molecule has 0 bridgehead atoms. The van der Waals surface area contributed by atoms with Crippen LogP contribution in [0.3, 0.4) is 0 Å². The Hall–Kier alpha value is -0.650. The molecule has 0 aliphatic carbocycles. The molecule has 1 heterocycles. The maximum atomic E-state index is 13.3. The molecule has 1 aromatic rings. The first-order chi connectivity index (χ1) is 8.30. The van der Waals surface area contributed by atoms with E-state index in [2.05, 4.69) is 0 Å². The van der Waals surface area contributed by atoms with Gasteiger partial charge in [-0.15, -0.1) is 0 Å². The molecule has 0 spiro atoms. The van der Waals surface area contributed by atoms with Crippen molar-refractivity contribution in [2.24, 2.45) is 11.7 Å². The van der Waals surface area contributed by atoms with Crippen LogP contribution in [0.1, 0.15) is 23.6 Å². The van der Waals surface area contributed by atoms with Crippen LogP contribution in [0, 0.1) is 18.7 Å². The molecule has 1 aromatic carbocycles. The normalized spacial score (nSPS) is 24.1. The molecule has 1 saturated heterocycles. The van der Waals surface area contributed by atoms with Crippen molar-refractivity contribution in [2.75, 3.05) is 11.5 Å². The van der Waals surface area contributed by atoms with Crippen molar-refractivity contribution in [3.05, 3.63) is 34.1 Å². The number of rotatable bonds is 2. The van der Waals surface area contributed by atoms with E-state index >= 15 is 0 Å². The Labute approximate surface area is 111 Å². The largest absolute Gasteiger partial charge is 0.324 e. The van der Waals surface area contributed by atoms with Gasteiger partial charge in [-0.2, -0.15) is 0 Å². The molecule has 2 atom stereocenters. The summed E-state index contributed by atoms with van der Waals surface area (Å²) in [4.78, 5) is 0. The lowest BCUT2D eigenvalue weighted by Gasteiger charge is -2.20. The van der Waals surface area contributed by atoms with Crippen LogP contribution in [0.5, 0.6) is 0 Å². The van der Waals surface area contributed by atoms with Crippen LogP contribution in [-0.2, 0) is 9.84 Å². The summed E-state index contributed by atoms with van der Waals surface area (Å²) >= 11 is 5.98. The maximum absolute atomic E-state index is 13.3. The third-order valence-electron chi connectivity index (χ3n) is 3.41. The molecule has 2 rings (SSSR count). The monoisotopic (exact) mass is 291 g/mol. The second-order valence-corrected chi connectivity index (χ2v) is 7.45. The third-order valence-corrected chi connectivity index (χ3v) is 5.53. The van der Waals surface area contributed by atoms with Gasteiger partial charge in [0.25, 0.3) is 0 Å². The van der Waals surface area contributed by atoms with E-state index in [1.165, 1.54) is 6.07 Å². The minimum Gasteiger partial charge on any atom is -0.324 e. The standard InChI is InChI=1S/C12H15ClFNO2S/c1-7-4-9(10(13)5-11(7)14)12(15)8-2-3-18(16,17)6-8/h4-5,8,12H,2-3,6,15H2,1H3. The summed E-state index contributed by atoms with van der Waals surface area (Å²) in [5.74, 6) is -0.267. The molecule has 0 aromatic heterocycles. The zero-order valence-electron chi connectivity index (χ0n) is 9.99. The molecule has 3 nitrogen and oxygen atoms in total. The van der Waals surface area contributed by atoms with Gasteiger partial charge >= 0.3 is 0 Å². The lowest BCUT2D eigenvalue weighted by Crippen LogP contribution is -2.23. The Bertz CT molecular complexity index is 574. The number of sulfone groups is 1. The molecule has 0 amide bonds. The number of hydrogen-bond donors (Lipinski definition) is 1. The molecule has 2 N–H and O–H groups in total. The van der Waals surface area contributed by atoms with Gasteiger partial charge in [-0.1, -0.05) is 17.7 Å². The Morgan fingerprint density at radius 3 is 2.72 bits per heavy atom. The third kappa shape index (κ3) is 2.68. The van der Waals surface area contributed by atoms with E-state index in [1.807, 2.05) is 0 Å². The quantitative estimate of drug-likeness (QED) is 0.909. The van der Waals surface area contributed by atoms with E-state index in [0.717, 1.165) is 0 Å². The SMILES string of the molecule is Cc1cc(C(N)C2CCS(=O)(=O)C2)c(Cl)cc1F. The van der Waals surface area contributed by atoms with Gasteiger partial charge < -0.3 is 5.73 Å². The molecule has 6 heteroatoms. The van der Waals surface area contributed by atoms with Gasteiger partial charge in [-0.25, -0.2) is 12.8 Å². The zero-order valence-corrected chi connectivity index (χ0v) is 11.6. The summed E-state index contributed by atoms with van der Waals surface area (Å²) in [5, 5.41) is 0.259. The summed E-state index contributed by atoms with van der Waals surface area (Å²) in [5.41, 5.74) is 7.16. The van der Waals surface area contributed by atoms with Gasteiger partial charge in [0, 0.05) is 11.1 Å². The highest BCUT2D eigenvalue weighted by Gasteiger charge is 2.33. The van der Waals surface area contributed by atoms with Crippen molar-refractivity contribution in [2.45, 2.75) is 19.4 Å². The Morgan fingerprint density at radius 2 is 2.17 bits per heavy atom. The number of hydrogen-bond acceptors (Lipinski definition) is 3. The summed E-state index contributed by atoms with van der Waals surface area (Å²) in [6.45, 7) is 1.63. The van der Waals surface area contributed by atoms with E-state index in [1.54, 1.807) is 13.0 Å². The first-order valence-electron chi connectivity index (χ1n) is 5.72. The minimum atomic E-state index is -2.98. The lowest BCUT2D eigenvalue weighted by molar-refractivity contribution is 0.479. The summed E-state index contributed by atoms with van der Waals surface area (Å²) in [7, 11) is -2.98. The topological polar surface area (TPSA) is 60.2 Å². The fraction of sp³-hybridized carbons (Fsp3) is 0.500. The smallest absolute Gasteiger partial charge is 0.150 e. The van der Waals surface area contributed by atoms with Gasteiger partial charge in [0.05, 0.1) is 11.5 Å². The molecule has 0 saturated carbocycles. The van der Waals surface area contributed by atoms with Gasteiger partial charge in [0.2, 0.25) is 0 Å². The predicted octanol–water partition coefficient (Wildman–Crippen LogP) is 2.22. The van der Waals surface area contributed by atoms with Crippen LogP contribution in [0.25, 0.3) is 0 Å². The van der Waals surface area contributed by atoms with Crippen molar-refractivity contribution in [3.8, 4) is 0 Å². The van der Waals surface area contributed by atoms with Crippen LogP contribution in [0.15, 0.2) is 12.1 Å². The Morgan fingerprint density at radius 1 is 1.50 bits per heavy atom. The highest BCUT2D eigenvalue weighted by molar-refractivity contribution is 7.91. The van der Waals surface area contributed by atoms with Gasteiger partial charge in [0.1, 0.15) is 5.82 Å². The predicted molar refractivity (Wildman–Crippen MR) is 69.8 cm³/mol. The summed E-state index contributed by atoms with van der Waals surface area (Å²) < 4.78 is 36.2. The highest BCUT2D eigenvalue weighted by atomic mass is 35.5. The van der Waals surface area contributed by atoms with E-state index in [4.69, 9.17) is 17.3 Å². The number of benzene rings is 1. The Kier molecular flexibility index (Phi) is 3.67. The highest BCUT2D eigenvalue weighted by Crippen LogP contribution is 2.34. The first-order valence-corrected chi connectivity index (χ1v) is 7.91. The van der Waals surface area contributed by atoms with Crippen LogP contribution < -0.4 is 5.73 Å². The minimum absolute atomic E-state index is 0.0842. The van der Waals surface area contributed by atoms with Gasteiger partial charge in [0.15, 0.2) is 9.84 Å². The van der Waals surface area contributed by atoms with Crippen LogP contribution >= 0.6 is 11.6 Å². The van der Waals surface area contributed by atoms with E-state index in [-0.39, 0.29) is 28.3 Å². The zero-order chi connectivity index (χ0) is 13.5. The van der Waals surface area contributed by atoms with E-state index in [9.17, 15) is 12.8 Å². The molecule has 1 aliphatic heterocycles. The first kappa shape index (κ1) is 13.8. The van der Waals surface area contributed by atoms with Crippen molar-refractivity contribution in [3.63, 3.8) is 0 Å². The second kappa shape index (κ2) is 4.79. The van der Waals surface area contributed by atoms with Crippen molar-refractivity contribution in [1.82, 2.24) is 0 Å². The summed E-state index contributed by atoms with van der Waals surface area (Å²) in [6, 6.07) is 2.37. The molecule has 100 valence electrons. The molecular weight excluding hydrogens is 277 g/mol. The average Bonchev–Trinajstić information content (AvgIpc) is 2.63. The molecule has 1 aliphatic rings. The van der Waals surface area contributed by atoms with Crippen LogP contribution in [0.2, 0.25) is 5.02 Å². The Balaban J connectivity index is 2.30. The van der Waals surface area contributed by atoms with Gasteiger partial charge in [-0.3, -0.25) is 0 Å². The molecule has 18 heavy (non-hydrogen) atoms. The van der Waals surface area contributed by atoms with Crippen LogP contribution in [0.4, 0.5) is 4.39 Å². The molecule has 1 fully saturated rings. The lowest BCUT2D eigenvalue weighted by atomic mass is 9.92. The number of halogens is 2. The van der Waals surface area contributed by atoms with E-state index < -0.39 is 15.9 Å². The maximum Gasteiger partial charge on any atom is 0.150 e. The van der Waals surface area contributed by atoms with E-state index in [0.29, 0.717) is 17.5 Å². The van der Waals surface area contributed by atoms with Crippen molar-refractivity contribution < 1.29 is 12.8 Å². The molecule has 2 unspecified atom stereocenters. The average molecular weight is 292 g/mol. The second-order valence-electron chi connectivity index (χ2n) is 4.81. The fourth-order valence-corrected chi connectivity index (χ4v) is 4.43. The van der Waals surface area contributed by atoms with Crippen molar-refractivity contribution >= 4 is 21.4 Å². The molecule has 0 radical (unpaired) electrons.